The van der Waals surface area contributed by atoms with E-state index in [2.05, 4.69) is 104 Å². The van der Waals surface area contributed by atoms with Crippen molar-refractivity contribution in [3.05, 3.63) is 97.2 Å². The second-order valence-corrected chi connectivity index (χ2v) is 22.9. The lowest BCUT2D eigenvalue weighted by Crippen LogP contribution is -2.65. The van der Waals surface area contributed by atoms with Crippen LogP contribution in [0.4, 0.5) is 0 Å². The van der Waals surface area contributed by atoms with Crippen LogP contribution in [0.25, 0.3) is 0 Å². The fraction of sp³-hybridized carbons (Fsp3) is 0.754. The predicted octanol–water partition coefficient (Wildman–Crippen LogP) is 12.6. The number of aliphatic hydroxyl groups is 8. The molecule has 0 bridgehead atoms. The summed E-state index contributed by atoms with van der Waals surface area (Å²) in [5.74, 6) is -0.252. The highest BCUT2D eigenvalue weighted by Gasteiger charge is 2.51. The summed E-state index contributed by atoms with van der Waals surface area (Å²) in [6.07, 6.45) is 57.9. The zero-order valence-corrected chi connectivity index (χ0v) is 51.7. The third-order valence-corrected chi connectivity index (χ3v) is 15.5. The van der Waals surface area contributed by atoms with E-state index >= 15 is 0 Å². The molecule has 14 nitrogen and oxygen atoms in total. The lowest BCUT2D eigenvalue weighted by molar-refractivity contribution is -0.359. The molecule has 0 saturated carbocycles. The average molecular weight is 1170 g/mol. The SMILES string of the molecule is CC/C=C\C/C=C\C/C=C\C/C=C\C/C=C\C/C=C\CCCCCCCCCCCCCCCCCCCCCCC(=O)NC(COC1OC(CO)C(OC2OC(CO)C(O)C(O)C2O)C(O)C1O)C(O)/C=C/CC/C=C/CCCCCC. The lowest BCUT2D eigenvalue weighted by Gasteiger charge is -2.46. The normalized spacial score (nSPS) is 24.5. The standard InChI is InChI=1S/C69H119NO13/c1-3-5-7-9-11-13-15-16-17-18-19-20-21-22-23-24-25-26-27-28-29-30-31-32-33-34-35-36-37-38-39-40-41-42-43-45-47-49-51-53-61(74)70-57(58(73)52-50-48-46-44-14-12-10-8-6-4-2)56-80-68-66(79)64(77)67(60(55-72)82-68)83-69-65(78)63(76)62(75)59(54-71)81-69/h5,7,11,13-14,16-17,19-20,22-23,25-26,44,50,52,57-60,62-69,71-73,75-79H,3-4,6,8-10,12,15,18,21,24,27-43,45-49,51,53-56H2,1-2H3,(H,70,74)/b7-5-,13-11-,17-16-,20-19-,23-22-,26-25-,44-14+,52-50+. The number of hydrogen-bond donors (Lipinski definition) is 9. The maximum atomic E-state index is 13.2. The van der Waals surface area contributed by atoms with Gasteiger partial charge >= 0.3 is 0 Å². The number of nitrogens with one attached hydrogen (secondary N) is 1. The number of ether oxygens (including phenoxy) is 4. The van der Waals surface area contributed by atoms with Crippen molar-refractivity contribution in [3.63, 3.8) is 0 Å². The van der Waals surface area contributed by atoms with Crippen LogP contribution in [0.3, 0.4) is 0 Å². The van der Waals surface area contributed by atoms with Crippen molar-refractivity contribution >= 4 is 5.91 Å². The maximum absolute atomic E-state index is 13.2. The molecular formula is C69H119NO13. The molecule has 14 heteroatoms. The Bertz CT molecular complexity index is 1760. The summed E-state index contributed by atoms with van der Waals surface area (Å²) in [6, 6.07) is -0.932. The number of amides is 1. The topological polar surface area (TPSA) is 228 Å². The summed E-state index contributed by atoms with van der Waals surface area (Å²) in [5, 5.41) is 86.9. The number of carbonyl (C=O) groups excluding carboxylic acids is 1. The largest absolute Gasteiger partial charge is 0.394 e. The lowest BCUT2D eigenvalue weighted by atomic mass is 9.97. The Morgan fingerprint density at radius 2 is 0.843 bits per heavy atom. The molecule has 0 spiro atoms. The van der Waals surface area contributed by atoms with Gasteiger partial charge < -0.3 is 65.1 Å². The summed E-state index contributed by atoms with van der Waals surface area (Å²) < 4.78 is 22.7. The molecule has 9 N–H and O–H groups in total. The van der Waals surface area contributed by atoms with Crippen LogP contribution in [0.2, 0.25) is 0 Å². The molecular weight excluding hydrogens is 1050 g/mol. The molecule has 0 aliphatic carbocycles. The second kappa shape index (κ2) is 53.2. The van der Waals surface area contributed by atoms with Gasteiger partial charge in [-0.3, -0.25) is 4.79 Å². The molecule has 2 aliphatic rings. The van der Waals surface area contributed by atoms with Crippen LogP contribution < -0.4 is 5.32 Å². The monoisotopic (exact) mass is 1170 g/mol. The van der Waals surface area contributed by atoms with E-state index in [1.807, 2.05) is 6.08 Å². The summed E-state index contributed by atoms with van der Waals surface area (Å²) in [7, 11) is 0. The van der Waals surface area contributed by atoms with Gasteiger partial charge in [0, 0.05) is 6.42 Å². The van der Waals surface area contributed by atoms with Crippen molar-refractivity contribution in [2.24, 2.45) is 0 Å². The van der Waals surface area contributed by atoms with E-state index < -0.39 is 86.8 Å². The minimum absolute atomic E-state index is 0.252. The van der Waals surface area contributed by atoms with Crippen molar-refractivity contribution in [2.45, 2.75) is 312 Å². The van der Waals surface area contributed by atoms with Crippen molar-refractivity contribution < 1.29 is 64.6 Å². The zero-order chi connectivity index (χ0) is 60.2. The van der Waals surface area contributed by atoms with Crippen molar-refractivity contribution in [1.82, 2.24) is 5.32 Å². The minimum atomic E-state index is -1.79. The molecule has 1 amide bonds. The molecule has 0 radical (unpaired) electrons. The fourth-order valence-electron chi connectivity index (χ4n) is 10.3. The van der Waals surface area contributed by atoms with Crippen LogP contribution in [-0.2, 0) is 23.7 Å². The highest BCUT2D eigenvalue weighted by atomic mass is 16.7. The highest BCUT2D eigenvalue weighted by Crippen LogP contribution is 2.30. The molecule has 12 atom stereocenters. The van der Waals surface area contributed by atoms with Crippen LogP contribution in [0.15, 0.2) is 97.2 Å². The van der Waals surface area contributed by atoms with Crippen LogP contribution in [0.5, 0.6) is 0 Å². The summed E-state index contributed by atoms with van der Waals surface area (Å²) in [5.41, 5.74) is 0. The fourth-order valence-corrected chi connectivity index (χ4v) is 10.3. The highest BCUT2D eigenvalue weighted by molar-refractivity contribution is 5.76. The zero-order valence-electron chi connectivity index (χ0n) is 51.7. The third kappa shape index (κ3) is 37.9. The Balaban J connectivity index is 1.55. The van der Waals surface area contributed by atoms with Gasteiger partial charge in [0.1, 0.15) is 48.8 Å². The van der Waals surface area contributed by atoms with Gasteiger partial charge in [-0.1, -0.05) is 246 Å². The number of unbranched alkanes of at least 4 members (excludes halogenated alkanes) is 25. The number of allylic oxidation sites excluding steroid dienone is 15. The summed E-state index contributed by atoms with van der Waals surface area (Å²) in [6.45, 7) is 2.62. The third-order valence-electron chi connectivity index (χ3n) is 15.5. The van der Waals surface area contributed by atoms with E-state index in [9.17, 15) is 45.6 Å². The van der Waals surface area contributed by atoms with Crippen LogP contribution >= 0.6 is 0 Å². The molecule has 2 rings (SSSR count). The smallest absolute Gasteiger partial charge is 0.220 e. The summed E-state index contributed by atoms with van der Waals surface area (Å²) in [4.78, 5) is 13.2. The first-order chi connectivity index (χ1) is 40.6. The molecule has 2 saturated heterocycles. The Hall–Kier alpha value is -3.09. The van der Waals surface area contributed by atoms with E-state index in [0.717, 1.165) is 77.0 Å². The Morgan fingerprint density at radius 3 is 1.33 bits per heavy atom. The van der Waals surface area contributed by atoms with E-state index in [4.69, 9.17) is 18.9 Å². The maximum Gasteiger partial charge on any atom is 0.220 e. The molecule has 0 aromatic carbocycles. The number of hydrogen-bond acceptors (Lipinski definition) is 13. The van der Waals surface area contributed by atoms with Gasteiger partial charge in [-0.05, 0) is 83.5 Å². The van der Waals surface area contributed by atoms with Gasteiger partial charge in [-0.15, -0.1) is 0 Å². The first-order valence-electron chi connectivity index (χ1n) is 33.0. The van der Waals surface area contributed by atoms with Gasteiger partial charge in [0.15, 0.2) is 12.6 Å². The minimum Gasteiger partial charge on any atom is -0.394 e. The molecule has 83 heavy (non-hydrogen) atoms. The van der Waals surface area contributed by atoms with E-state index in [-0.39, 0.29) is 18.9 Å². The van der Waals surface area contributed by atoms with Crippen molar-refractivity contribution in [2.75, 3.05) is 19.8 Å². The van der Waals surface area contributed by atoms with Gasteiger partial charge in [0.25, 0.3) is 0 Å². The van der Waals surface area contributed by atoms with Crippen LogP contribution in [0.1, 0.15) is 239 Å². The Kier molecular flexibility index (Phi) is 48.7. The van der Waals surface area contributed by atoms with Gasteiger partial charge in [0.05, 0.1) is 32.0 Å². The molecule has 2 fully saturated rings. The average Bonchev–Trinajstić information content (AvgIpc) is 3.47. The van der Waals surface area contributed by atoms with Crippen molar-refractivity contribution in [1.29, 1.82) is 0 Å². The van der Waals surface area contributed by atoms with Crippen LogP contribution in [-0.4, -0.2) is 140 Å². The summed E-state index contributed by atoms with van der Waals surface area (Å²) >= 11 is 0. The number of aliphatic hydroxyl groups excluding tert-OH is 8. The predicted molar refractivity (Wildman–Crippen MR) is 336 cm³/mol. The van der Waals surface area contributed by atoms with Gasteiger partial charge in [0.2, 0.25) is 5.91 Å². The number of rotatable bonds is 52. The molecule has 0 aromatic rings. The van der Waals surface area contributed by atoms with Crippen molar-refractivity contribution in [3.8, 4) is 0 Å². The molecule has 12 unspecified atom stereocenters. The van der Waals surface area contributed by atoms with E-state index in [1.165, 1.54) is 128 Å². The Morgan fingerprint density at radius 1 is 0.446 bits per heavy atom. The van der Waals surface area contributed by atoms with Gasteiger partial charge in [-0.25, -0.2) is 0 Å². The molecule has 2 aliphatic heterocycles. The Labute approximate surface area is 503 Å². The number of carbonyl (C=O) groups is 1. The van der Waals surface area contributed by atoms with Gasteiger partial charge in [-0.2, -0.15) is 0 Å². The van der Waals surface area contributed by atoms with E-state index in [0.29, 0.717) is 12.8 Å². The van der Waals surface area contributed by atoms with Crippen LogP contribution in [0, 0.1) is 0 Å². The van der Waals surface area contributed by atoms with E-state index in [1.54, 1.807) is 6.08 Å². The quantitative estimate of drug-likeness (QED) is 0.0204. The second-order valence-electron chi connectivity index (χ2n) is 22.9. The molecule has 0 aromatic heterocycles. The molecule has 2 heterocycles. The first-order valence-corrected chi connectivity index (χ1v) is 33.0. The molecule has 478 valence electrons. The first kappa shape index (κ1) is 76.0.